The van der Waals surface area contributed by atoms with Crippen LogP contribution < -0.4 is 5.32 Å². The predicted octanol–water partition coefficient (Wildman–Crippen LogP) is 3.65. The van der Waals surface area contributed by atoms with E-state index >= 15 is 0 Å². The van der Waals surface area contributed by atoms with Crippen LogP contribution in [0.5, 0.6) is 0 Å². The summed E-state index contributed by atoms with van der Waals surface area (Å²) in [6.45, 7) is 5.05. The first-order valence-electron chi connectivity index (χ1n) is 7.04. The van der Waals surface area contributed by atoms with E-state index in [1.54, 1.807) is 11.3 Å². The molecule has 0 aliphatic rings. The second-order valence-corrected chi connectivity index (χ2v) is 5.88. The molecular formula is C16H19N3S. The number of fused-ring (bicyclic) bond motifs is 1. The Kier molecular flexibility index (Phi) is 4.14. The van der Waals surface area contributed by atoms with E-state index in [0.29, 0.717) is 0 Å². The van der Waals surface area contributed by atoms with Crippen LogP contribution in [0.2, 0.25) is 0 Å². The number of rotatable bonds is 6. The summed E-state index contributed by atoms with van der Waals surface area (Å²) in [5.74, 6) is 0. The maximum Gasteiger partial charge on any atom is 0.112 e. The van der Waals surface area contributed by atoms with Crippen molar-refractivity contribution in [2.75, 3.05) is 6.54 Å². The molecule has 0 aliphatic heterocycles. The third-order valence-corrected chi connectivity index (χ3v) is 4.20. The van der Waals surface area contributed by atoms with Gasteiger partial charge in [-0.05, 0) is 30.7 Å². The van der Waals surface area contributed by atoms with Gasteiger partial charge < -0.3 is 9.88 Å². The van der Waals surface area contributed by atoms with Crippen molar-refractivity contribution in [3.05, 3.63) is 52.6 Å². The maximum atomic E-state index is 4.37. The van der Waals surface area contributed by atoms with Crippen LogP contribution in [0.25, 0.3) is 10.9 Å². The molecule has 2 aromatic heterocycles. The molecule has 0 bridgehead atoms. The van der Waals surface area contributed by atoms with Gasteiger partial charge in [-0.25, -0.2) is 4.98 Å². The first-order valence-corrected chi connectivity index (χ1v) is 7.92. The summed E-state index contributed by atoms with van der Waals surface area (Å²) in [6, 6.07) is 8.75. The smallest absolute Gasteiger partial charge is 0.112 e. The molecule has 0 unspecified atom stereocenters. The lowest BCUT2D eigenvalue weighted by molar-refractivity contribution is 0.678. The summed E-state index contributed by atoms with van der Waals surface area (Å²) in [6.07, 6.45) is 5.20. The van der Waals surface area contributed by atoms with Gasteiger partial charge in [0, 0.05) is 35.2 Å². The Balaban J connectivity index is 1.87. The van der Waals surface area contributed by atoms with Gasteiger partial charge in [0.25, 0.3) is 0 Å². The maximum absolute atomic E-state index is 4.37. The standard InChI is InChI=1S/C16H19N3S/c1-2-7-17-11-13-4-3-5-15-14(13)6-9-19(15)12-16-18-8-10-20-16/h3-6,8-10,17H,2,7,11-12H2,1H3. The Bertz CT molecular complexity index is 670. The minimum atomic E-state index is 0.854. The van der Waals surface area contributed by atoms with E-state index in [4.69, 9.17) is 0 Å². The molecule has 4 heteroatoms. The van der Waals surface area contributed by atoms with Gasteiger partial charge in [-0.15, -0.1) is 11.3 Å². The van der Waals surface area contributed by atoms with Crippen LogP contribution in [-0.2, 0) is 13.1 Å². The monoisotopic (exact) mass is 285 g/mol. The van der Waals surface area contributed by atoms with Crippen LogP contribution in [0.15, 0.2) is 42.0 Å². The molecule has 0 radical (unpaired) electrons. The lowest BCUT2D eigenvalue weighted by Crippen LogP contribution is -2.13. The SMILES string of the molecule is CCCNCc1cccc2c1ccn2Cc1nccs1. The van der Waals surface area contributed by atoms with Crippen molar-refractivity contribution in [2.24, 2.45) is 0 Å². The van der Waals surface area contributed by atoms with E-state index in [1.165, 1.54) is 22.9 Å². The Hall–Kier alpha value is -1.65. The van der Waals surface area contributed by atoms with E-state index in [0.717, 1.165) is 24.6 Å². The fourth-order valence-electron chi connectivity index (χ4n) is 2.46. The molecule has 0 aliphatic carbocycles. The van der Waals surface area contributed by atoms with Crippen molar-refractivity contribution in [1.82, 2.24) is 14.9 Å². The van der Waals surface area contributed by atoms with Crippen LogP contribution >= 0.6 is 11.3 Å². The summed E-state index contributed by atoms with van der Waals surface area (Å²) in [7, 11) is 0. The zero-order valence-electron chi connectivity index (χ0n) is 11.7. The topological polar surface area (TPSA) is 29.9 Å². The number of aromatic nitrogens is 2. The molecular weight excluding hydrogens is 266 g/mol. The molecule has 0 saturated carbocycles. The average Bonchev–Trinajstić information content (AvgIpc) is 3.11. The molecule has 0 spiro atoms. The number of nitrogens with zero attached hydrogens (tertiary/aromatic N) is 2. The van der Waals surface area contributed by atoms with E-state index in [9.17, 15) is 0 Å². The molecule has 0 saturated heterocycles. The van der Waals surface area contributed by atoms with Crippen LogP contribution in [0.3, 0.4) is 0 Å². The Morgan fingerprint density at radius 2 is 2.25 bits per heavy atom. The van der Waals surface area contributed by atoms with Crippen LogP contribution in [-0.4, -0.2) is 16.1 Å². The summed E-state index contributed by atoms with van der Waals surface area (Å²) in [4.78, 5) is 4.37. The van der Waals surface area contributed by atoms with Crippen molar-refractivity contribution in [1.29, 1.82) is 0 Å². The number of hydrogen-bond acceptors (Lipinski definition) is 3. The Morgan fingerprint density at radius 3 is 3.05 bits per heavy atom. The predicted molar refractivity (Wildman–Crippen MR) is 85.2 cm³/mol. The third-order valence-electron chi connectivity index (χ3n) is 3.44. The fraction of sp³-hybridized carbons (Fsp3) is 0.312. The molecule has 0 atom stereocenters. The van der Waals surface area contributed by atoms with Gasteiger partial charge in [-0.1, -0.05) is 19.1 Å². The molecule has 3 nitrogen and oxygen atoms in total. The second kappa shape index (κ2) is 6.20. The minimum absolute atomic E-state index is 0.854. The molecule has 1 aromatic carbocycles. The van der Waals surface area contributed by atoms with E-state index in [1.807, 2.05) is 11.6 Å². The first kappa shape index (κ1) is 13.3. The third kappa shape index (κ3) is 2.76. The van der Waals surface area contributed by atoms with Crippen molar-refractivity contribution >= 4 is 22.2 Å². The first-order chi connectivity index (χ1) is 9.88. The van der Waals surface area contributed by atoms with Gasteiger partial charge in [0.15, 0.2) is 0 Å². The van der Waals surface area contributed by atoms with Crippen molar-refractivity contribution in [3.63, 3.8) is 0 Å². The molecule has 20 heavy (non-hydrogen) atoms. The average molecular weight is 285 g/mol. The summed E-state index contributed by atoms with van der Waals surface area (Å²) in [5.41, 5.74) is 2.66. The molecule has 1 N–H and O–H groups in total. The highest BCUT2D eigenvalue weighted by Crippen LogP contribution is 2.21. The van der Waals surface area contributed by atoms with E-state index < -0.39 is 0 Å². The van der Waals surface area contributed by atoms with Crippen molar-refractivity contribution in [3.8, 4) is 0 Å². The Morgan fingerprint density at radius 1 is 1.30 bits per heavy atom. The second-order valence-electron chi connectivity index (χ2n) is 4.90. The van der Waals surface area contributed by atoms with Crippen LogP contribution in [0, 0.1) is 0 Å². The van der Waals surface area contributed by atoms with Crippen LogP contribution in [0.4, 0.5) is 0 Å². The number of hydrogen-bond donors (Lipinski definition) is 1. The van der Waals surface area contributed by atoms with Crippen molar-refractivity contribution in [2.45, 2.75) is 26.4 Å². The number of nitrogens with one attached hydrogen (secondary N) is 1. The Labute approximate surface area is 123 Å². The summed E-state index contributed by atoms with van der Waals surface area (Å²) >= 11 is 1.71. The van der Waals surface area contributed by atoms with Gasteiger partial charge in [0.05, 0.1) is 6.54 Å². The zero-order chi connectivity index (χ0) is 13.8. The summed E-state index contributed by atoms with van der Waals surface area (Å²) in [5, 5.41) is 8.00. The van der Waals surface area contributed by atoms with E-state index in [-0.39, 0.29) is 0 Å². The van der Waals surface area contributed by atoms with Gasteiger partial charge in [0.1, 0.15) is 5.01 Å². The molecule has 3 aromatic rings. The molecule has 0 fully saturated rings. The fourth-order valence-corrected chi connectivity index (χ4v) is 3.07. The minimum Gasteiger partial charge on any atom is -0.341 e. The molecule has 104 valence electrons. The van der Waals surface area contributed by atoms with E-state index in [2.05, 4.69) is 52.3 Å². The van der Waals surface area contributed by atoms with Crippen molar-refractivity contribution < 1.29 is 0 Å². The highest BCUT2D eigenvalue weighted by atomic mass is 32.1. The van der Waals surface area contributed by atoms with Gasteiger partial charge in [-0.2, -0.15) is 0 Å². The summed E-state index contributed by atoms with van der Waals surface area (Å²) < 4.78 is 2.28. The highest BCUT2D eigenvalue weighted by molar-refractivity contribution is 7.09. The number of benzene rings is 1. The van der Waals surface area contributed by atoms with Gasteiger partial charge in [-0.3, -0.25) is 0 Å². The van der Waals surface area contributed by atoms with Gasteiger partial charge >= 0.3 is 0 Å². The zero-order valence-corrected chi connectivity index (χ0v) is 12.5. The van der Waals surface area contributed by atoms with Crippen LogP contribution in [0.1, 0.15) is 23.9 Å². The number of thiazole rings is 1. The molecule has 0 amide bonds. The molecule has 2 heterocycles. The van der Waals surface area contributed by atoms with Gasteiger partial charge in [0.2, 0.25) is 0 Å². The quantitative estimate of drug-likeness (QED) is 0.701. The largest absolute Gasteiger partial charge is 0.341 e. The molecule has 3 rings (SSSR count). The normalized spacial score (nSPS) is 11.2. The lowest BCUT2D eigenvalue weighted by atomic mass is 10.1. The highest BCUT2D eigenvalue weighted by Gasteiger charge is 2.06. The lowest BCUT2D eigenvalue weighted by Gasteiger charge is -2.07.